The van der Waals surface area contributed by atoms with Crippen molar-refractivity contribution < 1.29 is 13.3 Å². The zero-order valence-electron chi connectivity index (χ0n) is 15.8. The molecule has 0 spiro atoms. The summed E-state index contributed by atoms with van der Waals surface area (Å²) in [7, 11) is -1.66. The van der Waals surface area contributed by atoms with Gasteiger partial charge < -0.3 is 10.2 Å². The summed E-state index contributed by atoms with van der Waals surface area (Å²) in [5, 5.41) is 14.6. The van der Waals surface area contributed by atoms with Crippen LogP contribution in [0.15, 0.2) is 23.1 Å². The molecule has 27 heavy (non-hydrogen) atoms. The first kappa shape index (κ1) is 20.0. The third-order valence-corrected chi connectivity index (χ3v) is 7.21. The maximum Gasteiger partial charge on any atom is 0.293 e. The van der Waals surface area contributed by atoms with Gasteiger partial charge in [0, 0.05) is 38.3 Å². The molecule has 1 N–H and O–H groups in total. The number of nitrogens with zero attached hydrogens (tertiary/aromatic N) is 3. The Labute approximate surface area is 160 Å². The fourth-order valence-electron chi connectivity index (χ4n) is 3.47. The van der Waals surface area contributed by atoms with Crippen molar-refractivity contribution in [3.8, 4) is 0 Å². The van der Waals surface area contributed by atoms with Crippen LogP contribution >= 0.6 is 0 Å². The number of anilines is 1. The Morgan fingerprint density at radius 2 is 1.89 bits per heavy atom. The van der Waals surface area contributed by atoms with Crippen LogP contribution in [0.4, 0.5) is 11.4 Å². The van der Waals surface area contributed by atoms with Crippen LogP contribution < -0.4 is 5.32 Å². The Bertz CT molecular complexity index is 772. The molecule has 0 aromatic heterocycles. The number of sulfonamides is 1. The zero-order valence-corrected chi connectivity index (χ0v) is 16.6. The molecule has 0 amide bonds. The molecular formula is C18H28N4O4S. The zero-order chi connectivity index (χ0) is 19.4. The highest BCUT2D eigenvalue weighted by Crippen LogP contribution is 2.30. The van der Waals surface area contributed by atoms with E-state index in [4.69, 9.17) is 0 Å². The molecule has 150 valence electrons. The van der Waals surface area contributed by atoms with Gasteiger partial charge in [0.25, 0.3) is 5.69 Å². The summed E-state index contributed by atoms with van der Waals surface area (Å²) in [6.45, 7) is 2.31. The second-order valence-electron chi connectivity index (χ2n) is 7.39. The molecule has 0 radical (unpaired) electrons. The van der Waals surface area contributed by atoms with Crippen LogP contribution in [0, 0.1) is 10.1 Å². The highest BCUT2D eigenvalue weighted by molar-refractivity contribution is 7.89. The summed E-state index contributed by atoms with van der Waals surface area (Å²) >= 11 is 0. The Balaban J connectivity index is 1.74. The van der Waals surface area contributed by atoms with Crippen molar-refractivity contribution >= 4 is 21.4 Å². The number of likely N-dealkylation sites (N-methyl/N-ethyl adjacent to an activating group) is 1. The van der Waals surface area contributed by atoms with Crippen molar-refractivity contribution in [3.63, 3.8) is 0 Å². The summed E-state index contributed by atoms with van der Waals surface area (Å²) in [5.74, 6) is 0. The van der Waals surface area contributed by atoms with Gasteiger partial charge in [-0.05, 0) is 44.9 Å². The monoisotopic (exact) mass is 396 g/mol. The molecule has 1 heterocycles. The van der Waals surface area contributed by atoms with E-state index in [0.29, 0.717) is 31.4 Å². The third kappa shape index (κ3) is 4.97. The van der Waals surface area contributed by atoms with Crippen LogP contribution in [0.5, 0.6) is 0 Å². The van der Waals surface area contributed by atoms with Gasteiger partial charge in [-0.25, -0.2) is 8.42 Å². The second-order valence-corrected chi connectivity index (χ2v) is 9.33. The Morgan fingerprint density at radius 1 is 1.22 bits per heavy atom. The summed E-state index contributed by atoms with van der Waals surface area (Å²) < 4.78 is 27.2. The van der Waals surface area contributed by atoms with E-state index in [1.165, 1.54) is 35.3 Å². The number of rotatable bonds is 8. The number of benzene rings is 1. The standard InChI is InChI=1S/C18H28N4O4S/c1-20(15-6-7-15)13-10-19-17-9-8-16(14-18(17)22(23)24)27(25,26)21-11-4-2-3-5-12-21/h8-9,14-15,19H,2-7,10-13H2,1H3. The lowest BCUT2D eigenvalue weighted by molar-refractivity contribution is -0.384. The SMILES string of the molecule is CN(CCNc1ccc(S(=O)(=O)N2CCCCCC2)cc1[N+](=O)[O-])C1CC1. The van der Waals surface area contributed by atoms with Gasteiger partial charge in [-0.15, -0.1) is 0 Å². The average Bonchev–Trinajstić information content (AvgIpc) is 3.48. The molecule has 1 saturated carbocycles. The fraction of sp³-hybridized carbons (Fsp3) is 0.667. The quantitative estimate of drug-likeness (QED) is 0.536. The maximum atomic E-state index is 12.9. The lowest BCUT2D eigenvalue weighted by atomic mass is 10.2. The first-order chi connectivity index (χ1) is 12.9. The smallest absolute Gasteiger partial charge is 0.293 e. The first-order valence-electron chi connectivity index (χ1n) is 9.62. The molecule has 1 aromatic rings. The maximum absolute atomic E-state index is 12.9. The van der Waals surface area contributed by atoms with E-state index in [1.807, 2.05) is 7.05 Å². The molecule has 1 saturated heterocycles. The van der Waals surface area contributed by atoms with Crippen molar-refractivity contribution in [2.45, 2.75) is 49.5 Å². The van der Waals surface area contributed by atoms with E-state index in [2.05, 4.69) is 10.2 Å². The summed E-state index contributed by atoms with van der Waals surface area (Å²) in [4.78, 5) is 13.2. The van der Waals surface area contributed by atoms with E-state index < -0.39 is 14.9 Å². The lowest BCUT2D eigenvalue weighted by Gasteiger charge is -2.20. The van der Waals surface area contributed by atoms with E-state index in [9.17, 15) is 18.5 Å². The Hall–Kier alpha value is -1.71. The molecule has 0 bridgehead atoms. The largest absolute Gasteiger partial charge is 0.378 e. The van der Waals surface area contributed by atoms with Crippen LogP contribution in [0.25, 0.3) is 0 Å². The van der Waals surface area contributed by atoms with E-state index in [-0.39, 0.29) is 10.6 Å². The van der Waals surface area contributed by atoms with Gasteiger partial charge in [-0.2, -0.15) is 4.31 Å². The predicted molar refractivity (Wildman–Crippen MR) is 104 cm³/mol. The number of nitro benzene ring substituents is 1. The van der Waals surface area contributed by atoms with Gasteiger partial charge in [0.1, 0.15) is 5.69 Å². The number of hydrogen-bond acceptors (Lipinski definition) is 6. The van der Waals surface area contributed by atoms with Gasteiger partial charge in [0.2, 0.25) is 10.0 Å². The van der Waals surface area contributed by atoms with Crippen LogP contribution in [-0.4, -0.2) is 61.8 Å². The minimum atomic E-state index is -3.70. The molecule has 1 aliphatic heterocycles. The minimum absolute atomic E-state index is 0.00301. The molecule has 3 rings (SSSR count). The average molecular weight is 397 g/mol. The molecule has 1 aromatic carbocycles. The van der Waals surface area contributed by atoms with Gasteiger partial charge in [-0.3, -0.25) is 10.1 Å². The molecular weight excluding hydrogens is 368 g/mol. The van der Waals surface area contributed by atoms with Crippen molar-refractivity contribution in [2.24, 2.45) is 0 Å². The molecule has 1 aliphatic carbocycles. The van der Waals surface area contributed by atoms with Crippen molar-refractivity contribution in [2.75, 3.05) is 38.5 Å². The second kappa shape index (κ2) is 8.53. The van der Waals surface area contributed by atoms with Gasteiger partial charge >= 0.3 is 0 Å². The molecule has 2 aliphatic rings. The van der Waals surface area contributed by atoms with Crippen molar-refractivity contribution in [1.82, 2.24) is 9.21 Å². The normalized spacial score (nSPS) is 19.0. The predicted octanol–water partition coefficient (Wildman–Crippen LogP) is 2.67. The number of nitrogens with one attached hydrogen (secondary N) is 1. The summed E-state index contributed by atoms with van der Waals surface area (Å²) in [5.41, 5.74) is 0.166. The third-order valence-electron chi connectivity index (χ3n) is 5.32. The van der Waals surface area contributed by atoms with E-state index in [1.54, 1.807) is 0 Å². The van der Waals surface area contributed by atoms with E-state index >= 15 is 0 Å². The minimum Gasteiger partial charge on any atom is -0.378 e. The highest BCUT2D eigenvalue weighted by Gasteiger charge is 2.28. The van der Waals surface area contributed by atoms with Crippen molar-refractivity contribution in [3.05, 3.63) is 28.3 Å². The Kier molecular flexibility index (Phi) is 6.33. The van der Waals surface area contributed by atoms with Gasteiger partial charge in [-0.1, -0.05) is 12.8 Å². The lowest BCUT2D eigenvalue weighted by Crippen LogP contribution is -2.32. The topological polar surface area (TPSA) is 95.8 Å². The molecule has 8 nitrogen and oxygen atoms in total. The van der Waals surface area contributed by atoms with E-state index in [0.717, 1.165) is 32.2 Å². The highest BCUT2D eigenvalue weighted by atomic mass is 32.2. The first-order valence-corrected chi connectivity index (χ1v) is 11.1. The van der Waals surface area contributed by atoms with Crippen LogP contribution in [0.1, 0.15) is 38.5 Å². The number of nitro groups is 1. The molecule has 2 fully saturated rings. The summed E-state index contributed by atoms with van der Waals surface area (Å²) in [6, 6.07) is 4.80. The van der Waals surface area contributed by atoms with Crippen LogP contribution in [-0.2, 0) is 10.0 Å². The van der Waals surface area contributed by atoms with Crippen molar-refractivity contribution in [1.29, 1.82) is 0 Å². The molecule has 9 heteroatoms. The summed E-state index contributed by atoms with van der Waals surface area (Å²) in [6.07, 6.45) is 6.11. The number of hydrogen-bond donors (Lipinski definition) is 1. The van der Waals surface area contributed by atoms with Crippen LogP contribution in [0.3, 0.4) is 0 Å². The molecule has 0 unspecified atom stereocenters. The van der Waals surface area contributed by atoms with Gasteiger partial charge in [0.15, 0.2) is 0 Å². The van der Waals surface area contributed by atoms with Gasteiger partial charge in [0.05, 0.1) is 9.82 Å². The fourth-order valence-corrected chi connectivity index (χ4v) is 5.01. The van der Waals surface area contributed by atoms with Crippen LogP contribution in [0.2, 0.25) is 0 Å². The Morgan fingerprint density at radius 3 is 2.48 bits per heavy atom. The molecule has 0 atom stereocenters.